The van der Waals surface area contributed by atoms with E-state index in [1.165, 1.54) is 6.42 Å². The van der Waals surface area contributed by atoms with Crippen LogP contribution in [0, 0.1) is 0 Å². The van der Waals surface area contributed by atoms with E-state index in [1.807, 2.05) is 0 Å². The van der Waals surface area contributed by atoms with Gasteiger partial charge < -0.3 is 24.8 Å². The number of hydrogen-bond donors (Lipinski definition) is 0. The molecule has 0 N–H and O–H groups in total. The monoisotopic (exact) mass is 407 g/mol. The van der Waals surface area contributed by atoms with Gasteiger partial charge in [0.05, 0.1) is 0 Å². The van der Waals surface area contributed by atoms with E-state index >= 15 is 0 Å². The third kappa shape index (κ3) is 4.07. The largest absolute Gasteiger partial charge is 1.00 e. The third-order valence-corrected chi connectivity index (χ3v) is 13.4. The Bertz CT molecular complexity index is 521. The van der Waals surface area contributed by atoms with Crippen molar-refractivity contribution in [1.82, 2.24) is 0 Å². The number of rotatable bonds is 4. The molecule has 0 bridgehead atoms. The molecule has 0 nitrogen and oxygen atoms in total. The van der Waals surface area contributed by atoms with Crippen molar-refractivity contribution in [2.75, 3.05) is 0 Å². The van der Waals surface area contributed by atoms with Gasteiger partial charge in [0.2, 0.25) is 0 Å². The molecule has 0 amide bonds. The molecular formula is C17H25Cl2SSiTi. The van der Waals surface area contributed by atoms with Gasteiger partial charge in [-0.05, 0) is 0 Å². The van der Waals surface area contributed by atoms with E-state index in [0.717, 1.165) is 6.42 Å². The molecule has 2 aliphatic carbocycles. The second-order valence-electron chi connectivity index (χ2n) is 6.60. The van der Waals surface area contributed by atoms with Gasteiger partial charge >= 0.3 is 142 Å². The van der Waals surface area contributed by atoms with Gasteiger partial charge in [-0.1, -0.05) is 0 Å². The van der Waals surface area contributed by atoms with Crippen LogP contribution < -0.4 is 24.8 Å². The van der Waals surface area contributed by atoms with Crippen LogP contribution in [0.1, 0.15) is 33.6 Å². The number of thioether (sulfide) groups is 1. The minimum Gasteiger partial charge on any atom is -1.00 e. The predicted octanol–water partition coefficient (Wildman–Crippen LogP) is -0.671. The number of allylic oxidation sites excluding steroid dienone is 7. The van der Waals surface area contributed by atoms with E-state index in [9.17, 15) is 0 Å². The Hall–Kier alpha value is 0.821. The average molecular weight is 408 g/mol. The summed E-state index contributed by atoms with van der Waals surface area (Å²) in [6, 6.07) is 0. The molecule has 121 valence electrons. The summed E-state index contributed by atoms with van der Waals surface area (Å²) in [4.78, 5) is 0. The maximum atomic E-state index is 2.58. The smallest absolute Gasteiger partial charge is 1.00 e. The molecular weight excluding hydrogens is 383 g/mol. The van der Waals surface area contributed by atoms with Crippen molar-refractivity contribution in [3.63, 3.8) is 0 Å². The van der Waals surface area contributed by atoms with Crippen molar-refractivity contribution in [2.24, 2.45) is 0 Å². The van der Waals surface area contributed by atoms with Gasteiger partial charge in [0, 0.05) is 0 Å². The Labute approximate surface area is 165 Å². The van der Waals surface area contributed by atoms with Crippen molar-refractivity contribution >= 4 is 19.8 Å². The van der Waals surface area contributed by atoms with E-state index in [0.29, 0.717) is 9.62 Å². The summed E-state index contributed by atoms with van der Waals surface area (Å²) in [5.41, 5.74) is 1.58. The summed E-state index contributed by atoms with van der Waals surface area (Å²) in [6.45, 7) is 12.2. The molecule has 1 unspecified atom stereocenters. The van der Waals surface area contributed by atoms with Gasteiger partial charge in [-0.25, -0.2) is 0 Å². The summed E-state index contributed by atoms with van der Waals surface area (Å²) >= 11 is 4.53. The van der Waals surface area contributed by atoms with Gasteiger partial charge in [-0.3, -0.25) is 0 Å². The van der Waals surface area contributed by atoms with Crippen LogP contribution in [0.5, 0.6) is 0 Å². The van der Waals surface area contributed by atoms with Gasteiger partial charge in [0.25, 0.3) is 0 Å². The van der Waals surface area contributed by atoms with Crippen molar-refractivity contribution in [2.45, 2.75) is 56.3 Å². The van der Waals surface area contributed by atoms with Crippen molar-refractivity contribution in [3.05, 3.63) is 45.0 Å². The molecule has 0 aromatic carbocycles. The summed E-state index contributed by atoms with van der Waals surface area (Å²) in [6.07, 6.45) is 14.1. The fourth-order valence-corrected chi connectivity index (χ4v) is 12.3. The van der Waals surface area contributed by atoms with Crippen LogP contribution in [-0.4, -0.2) is 17.7 Å². The Kier molecular flexibility index (Phi) is 9.11. The molecule has 22 heavy (non-hydrogen) atoms. The first-order valence-electron chi connectivity index (χ1n) is 7.45. The zero-order chi connectivity index (χ0) is 15.0. The summed E-state index contributed by atoms with van der Waals surface area (Å²) in [5, 5.41) is 2.36. The van der Waals surface area contributed by atoms with Crippen LogP contribution in [0.2, 0.25) is 13.1 Å². The maximum Gasteiger partial charge on any atom is -1.00 e. The zero-order valence-corrected chi connectivity index (χ0v) is 18.9. The first-order valence-corrected chi connectivity index (χ1v) is 12.1. The van der Waals surface area contributed by atoms with Gasteiger partial charge in [-0.2, -0.15) is 0 Å². The fourth-order valence-electron chi connectivity index (χ4n) is 3.49. The molecule has 0 aromatic rings. The molecule has 0 radical (unpaired) electrons. The second-order valence-corrected chi connectivity index (χ2v) is 14.4. The van der Waals surface area contributed by atoms with Gasteiger partial charge in [0.1, 0.15) is 0 Å². The van der Waals surface area contributed by atoms with E-state index in [1.54, 1.807) is 14.6 Å². The molecule has 0 heterocycles. The number of hydrogen-bond acceptors (Lipinski definition) is 1. The molecule has 5 heteroatoms. The van der Waals surface area contributed by atoms with Gasteiger partial charge in [0.15, 0.2) is 0 Å². The van der Waals surface area contributed by atoms with E-state index < -0.39 is 8.07 Å². The summed E-state index contributed by atoms with van der Waals surface area (Å²) in [7, 11) is -1.57. The molecule has 0 aromatic heterocycles. The molecule has 0 aliphatic heterocycles. The fraction of sp³-hybridized carbons (Fsp3) is 0.529. The van der Waals surface area contributed by atoms with Crippen LogP contribution in [0.15, 0.2) is 45.0 Å². The van der Waals surface area contributed by atoms with Crippen molar-refractivity contribution in [3.8, 4) is 0 Å². The molecule has 2 aliphatic rings. The standard InChI is InChI=1S/C17H25SSi.2ClH.Ti/c1-14(2)18-17(13-9-8-10-15(17)3)19(4,5)16-11-6-7-12-16;;;/h6,8-11,14H,7,13H2,1-5H3;2*1H;/q;;;+2/p-2. The van der Waals surface area contributed by atoms with E-state index in [4.69, 9.17) is 0 Å². The maximum absolute atomic E-state index is 2.58. The average Bonchev–Trinajstić information content (AvgIpc) is 2.78. The molecule has 1 atom stereocenters. The Morgan fingerprint density at radius 2 is 1.86 bits per heavy atom. The second kappa shape index (κ2) is 8.78. The quantitative estimate of drug-likeness (QED) is 0.557. The van der Waals surface area contributed by atoms with Crippen molar-refractivity contribution < 1.29 is 45.2 Å². The Balaban J connectivity index is 0.00000220. The SMILES string of the molecule is CC1=CC=CCC1(SC(C)C)[Si](C)(C)C1=[C]([Ti+2])CC=C1.[Cl-].[Cl-]. The summed E-state index contributed by atoms with van der Waals surface area (Å²) < 4.78 is 1.93. The third-order valence-electron chi connectivity index (χ3n) is 4.58. The minimum atomic E-state index is -1.57. The van der Waals surface area contributed by atoms with E-state index in [-0.39, 0.29) is 24.8 Å². The van der Waals surface area contributed by atoms with Crippen LogP contribution >= 0.6 is 11.8 Å². The van der Waals surface area contributed by atoms with Crippen LogP contribution in [0.25, 0.3) is 0 Å². The number of halogens is 2. The van der Waals surface area contributed by atoms with Crippen LogP contribution in [-0.2, 0) is 20.4 Å². The van der Waals surface area contributed by atoms with Crippen LogP contribution in [0.3, 0.4) is 0 Å². The molecule has 0 saturated heterocycles. The normalized spacial score (nSPS) is 24.3. The Morgan fingerprint density at radius 1 is 1.23 bits per heavy atom. The summed E-state index contributed by atoms with van der Waals surface area (Å²) in [5.74, 6) is 0. The minimum absolute atomic E-state index is 0. The van der Waals surface area contributed by atoms with Gasteiger partial charge in [-0.15, -0.1) is 0 Å². The van der Waals surface area contributed by atoms with Crippen molar-refractivity contribution in [1.29, 1.82) is 0 Å². The van der Waals surface area contributed by atoms with E-state index in [2.05, 4.69) is 96.4 Å². The molecule has 0 spiro atoms. The Morgan fingerprint density at radius 3 is 2.32 bits per heavy atom. The zero-order valence-electron chi connectivity index (χ0n) is 14.0. The molecule has 2 rings (SSSR count). The van der Waals surface area contributed by atoms with Crippen LogP contribution in [0.4, 0.5) is 0 Å². The first-order chi connectivity index (χ1) is 9.31. The predicted molar refractivity (Wildman–Crippen MR) is 91.2 cm³/mol. The topological polar surface area (TPSA) is 0 Å². The first kappa shape index (κ1) is 22.8. The molecule has 0 fully saturated rings. The molecule has 0 saturated carbocycles.